The van der Waals surface area contributed by atoms with E-state index in [1.807, 2.05) is 57.2 Å². The van der Waals surface area contributed by atoms with Gasteiger partial charge in [-0.05, 0) is 55.7 Å². The van der Waals surface area contributed by atoms with Gasteiger partial charge in [-0.3, -0.25) is 0 Å². The van der Waals surface area contributed by atoms with Crippen LogP contribution in [0.1, 0.15) is 27.8 Å². The largest absolute Gasteiger partial charge is 0.489 e. The highest BCUT2D eigenvalue weighted by Crippen LogP contribution is 2.22. The number of hydrogen-bond donors (Lipinski definition) is 1. The first-order valence-electron chi connectivity index (χ1n) is 7.62. The molecule has 3 nitrogen and oxygen atoms in total. The number of nitrogens with two attached hydrogens (primary N) is 1. The molecule has 0 spiro atoms. The first-order chi connectivity index (χ1) is 11.4. The van der Waals surface area contributed by atoms with Crippen molar-refractivity contribution in [1.82, 2.24) is 0 Å². The lowest BCUT2D eigenvalue weighted by Crippen LogP contribution is -2.10. The zero-order chi connectivity index (χ0) is 17.7. The molecule has 0 aliphatic heterocycles. The number of ether oxygens (including phenoxy) is 1. The molecule has 0 heterocycles. The number of aryl methyl sites for hydroxylation is 2. The molecule has 24 heavy (non-hydrogen) atoms. The topological polar surface area (TPSA) is 59.0 Å². The van der Waals surface area contributed by atoms with Crippen LogP contribution in [0.4, 0.5) is 0 Å². The number of nitriles is 1. The Hall–Kier alpha value is -2.64. The first-order valence-corrected chi connectivity index (χ1v) is 8.02. The van der Waals surface area contributed by atoms with Crippen molar-refractivity contribution < 1.29 is 4.74 Å². The second-order valence-corrected chi connectivity index (χ2v) is 6.21. The monoisotopic (exact) mass is 336 g/mol. The lowest BCUT2D eigenvalue weighted by molar-refractivity contribution is 0.305. The standard InChI is InChI=1S/C20H20N2OS/c1-13-4-6-19(7-5-13)23-12-18-9-14(2)8-16(15(18)3)10-17(11-21)20(22)24/h4-10H,12H2,1-3H3,(H2,22,24)/b17-10+. The van der Waals surface area contributed by atoms with E-state index < -0.39 is 0 Å². The summed E-state index contributed by atoms with van der Waals surface area (Å²) < 4.78 is 5.88. The Morgan fingerprint density at radius 1 is 1.17 bits per heavy atom. The van der Waals surface area contributed by atoms with Crippen molar-refractivity contribution in [1.29, 1.82) is 5.26 Å². The molecule has 2 aromatic carbocycles. The summed E-state index contributed by atoms with van der Waals surface area (Å²) in [6.45, 7) is 6.53. The van der Waals surface area contributed by atoms with Gasteiger partial charge < -0.3 is 10.5 Å². The fraction of sp³-hybridized carbons (Fsp3) is 0.200. The van der Waals surface area contributed by atoms with Crippen molar-refractivity contribution >= 4 is 23.3 Å². The summed E-state index contributed by atoms with van der Waals surface area (Å²) in [5.41, 5.74) is 11.2. The minimum atomic E-state index is 0.107. The maximum atomic E-state index is 9.15. The summed E-state index contributed by atoms with van der Waals surface area (Å²) in [4.78, 5) is 0.107. The van der Waals surface area contributed by atoms with E-state index in [-0.39, 0.29) is 4.99 Å². The number of nitrogens with zero attached hydrogens (tertiary/aromatic N) is 1. The molecule has 0 amide bonds. The summed E-state index contributed by atoms with van der Waals surface area (Å²) >= 11 is 4.91. The highest BCUT2D eigenvalue weighted by atomic mass is 32.1. The number of hydrogen-bond acceptors (Lipinski definition) is 3. The van der Waals surface area contributed by atoms with Crippen LogP contribution in [0.2, 0.25) is 0 Å². The molecule has 0 aliphatic rings. The van der Waals surface area contributed by atoms with Crippen molar-refractivity contribution in [3.05, 3.63) is 69.8 Å². The highest BCUT2D eigenvalue weighted by molar-refractivity contribution is 7.80. The Labute approximate surface area is 148 Å². The van der Waals surface area contributed by atoms with Gasteiger partial charge in [0.25, 0.3) is 0 Å². The maximum Gasteiger partial charge on any atom is 0.119 e. The van der Waals surface area contributed by atoms with Gasteiger partial charge in [0.1, 0.15) is 23.4 Å². The van der Waals surface area contributed by atoms with Gasteiger partial charge >= 0.3 is 0 Å². The number of rotatable bonds is 5. The molecule has 0 atom stereocenters. The van der Waals surface area contributed by atoms with Crippen molar-refractivity contribution in [2.45, 2.75) is 27.4 Å². The smallest absolute Gasteiger partial charge is 0.119 e. The van der Waals surface area contributed by atoms with Crippen molar-refractivity contribution in [3.63, 3.8) is 0 Å². The van der Waals surface area contributed by atoms with Gasteiger partial charge in [0, 0.05) is 0 Å². The van der Waals surface area contributed by atoms with E-state index in [1.54, 1.807) is 6.08 Å². The normalized spacial score (nSPS) is 11.0. The Morgan fingerprint density at radius 3 is 2.42 bits per heavy atom. The van der Waals surface area contributed by atoms with Crippen LogP contribution in [-0.2, 0) is 6.61 Å². The zero-order valence-electron chi connectivity index (χ0n) is 14.1. The summed E-state index contributed by atoms with van der Waals surface area (Å²) in [6, 6.07) is 14.1. The summed E-state index contributed by atoms with van der Waals surface area (Å²) in [7, 11) is 0. The summed E-state index contributed by atoms with van der Waals surface area (Å²) in [5, 5.41) is 9.15. The van der Waals surface area contributed by atoms with Crippen LogP contribution >= 0.6 is 12.2 Å². The second kappa shape index (κ2) is 7.76. The second-order valence-electron chi connectivity index (χ2n) is 5.77. The Kier molecular flexibility index (Phi) is 5.73. The van der Waals surface area contributed by atoms with E-state index in [9.17, 15) is 0 Å². The summed E-state index contributed by atoms with van der Waals surface area (Å²) in [5.74, 6) is 0.833. The van der Waals surface area contributed by atoms with Gasteiger partial charge in [0.05, 0.1) is 5.57 Å². The van der Waals surface area contributed by atoms with E-state index in [2.05, 4.69) is 6.07 Å². The molecule has 4 heteroatoms. The molecule has 0 radical (unpaired) electrons. The Balaban J connectivity index is 2.30. The van der Waals surface area contributed by atoms with Gasteiger partial charge in [-0.25, -0.2) is 0 Å². The van der Waals surface area contributed by atoms with E-state index in [0.717, 1.165) is 28.0 Å². The molecule has 0 aromatic heterocycles. The van der Waals surface area contributed by atoms with E-state index in [0.29, 0.717) is 12.2 Å². The third-order valence-corrected chi connectivity index (χ3v) is 4.02. The van der Waals surface area contributed by atoms with Crippen LogP contribution in [0.15, 0.2) is 42.0 Å². The van der Waals surface area contributed by atoms with Crippen LogP contribution in [0.25, 0.3) is 6.08 Å². The van der Waals surface area contributed by atoms with Crippen LogP contribution in [0.3, 0.4) is 0 Å². The first kappa shape index (κ1) is 17.7. The Bertz CT molecular complexity index is 830. The average molecular weight is 336 g/mol. The van der Waals surface area contributed by atoms with Crippen molar-refractivity contribution in [3.8, 4) is 11.8 Å². The van der Waals surface area contributed by atoms with Gasteiger partial charge in [-0.1, -0.05) is 47.6 Å². The third-order valence-electron chi connectivity index (χ3n) is 3.80. The molecular weight excluding hydrogens is 316 g/mol. The average Bonchev–Trinajstić information content (AvgIpc) is 2.55. The van der Waals surface area contributed by atoms with Crippen LogP contribution in [0, 0.1) is 32.1 Å². The fourth-order valence-electron chi connectivity index (χ4n) is 2.37. The molecule has 0 bridgehead atoms. The van der Waals surface area contributed by atoms with Crippen LogP contribution in [0.5, 0.6) is 5.75 Å². The Morgan fingerprint density at radius 2 is 1.83 bits per heavy atom. The molecule has 2 aromatic rings. The molecule has 122 valence electrons. The highest BCUT2D eigenvalue weighted by Gasteiger charge is 2.08. The predicted molar refractivity (Wildman–Crippen MR) is 102 cm³/mol. The molecule has 0 aliphatic carbocycles. The van der Waals surface area contributed by atoms with Gasteiger partial charge in [0.15, 0.2) is 0 Å². The minimum Gasteiger partial charge on any atom is -0.489 e. The molecule has 0 saturated carbocycles. The third kappa shape index (κ3) is 4.43. The minimum absolute atomic E-state index is 0.107. The van der Waals surface area contributed by atoms with Gasteiger partial charge in [-0.15, -0.1) is 0 Å². The number of benzene rings is 2. The van der Waals surface area contributed by atoms with Gasteiger partial charge in [-0.2, -0.15) is 5.26 Å². The molecule has 2 N–H and O–H groups in total. The van der Waals surface area contributed by atoms with Crippen LogP contribution in [-0.4, -0.2) is 4.99 Å². The molecule has 2 rings (SSSR count). The molecule has 0 saturated heterocycles. The van der Waals surface area contributed by atoms with E-state index in [4.69, 9.17) is 28.0 Å². The molecule has 0 unspecified atom stereocenters. The maximum absolute atomic E-state index is 9.15. The predicted octanol–water partition coefficient (Wildman–Crippen LogP) is 4.38. The van der Waals surface area contributed by atoms with Crippen molar-refractivity contribution in [2.24, 2.45) is 5.73 Å². The van der Waals surface area contributed by atoms with E-state index in [1.165, 1.54) is 5.56 Å². The number of thiocarbonyl (C=S) groups is 1. The molecule has 0 fully saturated rings. The lowest BCUT2D eigenvalue weighted by atomic mass is 9.98. The lowest BCUT2D eigenvalue weighted by Gasteiger charge is -2.13. The van der Waals surface area contributed by atoms with Crippen LogP contribution < -0.4 is 10.5 Å². The van der Waals surface area contributed by atoms with Crippen molar-refractivity contribution in [2.75, 3.05) is 0 Å². The summed E-state index contributed by atoms with van der Waals surface area (Å²) in [6.07, 6.45) is 1.74. The molecular formula is C20H20N2OS. The SMILES string of the molecule is Cc1ccc(OCc2cc(C)cc(/C=C(\C#N)C(N)=S)c2C)cc1. The zero-order valence-corrected chi connectivity index (χ0v) is 14.9. The van der Waals surface area contributed by atoms with E-state index >= 15 is 0 Å². The quantitative estimate of drug-likeness (QED) is 0.500. The van der Waals surface area contributed by atoms with Gasteiger partial charge in [0.2, 0.25) is 0 Å². The fourth-order valence-corrected chi connectivity index (χ4v) is 2.48.